The summed E-state index contributed by atoms with van der Waals surface area (Å²) in [6, 6.07) is 13.1. The molecule has 2 aromatic rings. The van der Waals surface area contributed by atoms with Crippen LogP contribution in [-0.2, 0) is 9.59 Å². The van der Waals surface area contributed by atoms with Gasteiger partial charge >= 0.3 is 5.97 Å². The maximum atomic E-state index is 12.4. The number of ether oxygens (including phenoxy) is 1. The predicted molar refractivity (Wildman–Crippen MR) is 95.5 cm³/mol. The molecular formula is C19H18N2O5. The lowest BCUT2D eigenvalue weighted by Gasteiger charge is -2.32. The summed E-state index contributed by atoms with van der Waals surface area (Å²) in [6.07, 6.45) is -0.496. The first-order valence-corrected chi connectivity index (χ1v) is 8.16. The monoisotopic (exact) mass is 354 g/mol. The molecule has 7 nitrogen and oxygen atoms in total. The number of nitrogens with one attached hydrogen (secondary N) is 1. The van der Waals surface area contributed by atoms with Gasteiger partial charge in [-0.15, -0.1) is 0 Å². The van der Waals surface area contributed by atoms with Gasteiger partial charge in [-0.05, 0) is 43.3 Å². The maximum absolute atomic E-state index is 12.4. The van der Waals surface area contributed by atoms with Crippen molar-refractivity contribution in [1.82, 2.24) is 0 Å². The molecule has 0 bridgehead atoms. The largest absolute Gasteiger partial charge is 0.479 e. The third kappa shape index (κ3) is 3.66. The highest BCUT2D eigenvalue weighted by Gasteiger charge is 2.31. The van der Waals surface area contributed by atoms with E-state index in [2.05, 4.69) is 5.32 Å². The zero-order chi connectivity index (χ0) is 18.7. The highest BCUT2D eigenvalue weighted by Crippen LogP contribution is 2.33. The Kier molecular flexibility index (Phi) is 4.88. The molecule has 7 heteroatoms. The second-order valence-corrected chi connectivity index (χ2v) is 5.90. The number of hydrogen-bond donors (Lipinski definition) is 2. The molecule has 2 N–H and O–H groups in total. The molecule has 0 radical (unpaired) electrons. The van der Waals surface area contributed by atoms with Crippen molar-refractivity contribution in [3.8, 4) is 5.75 Å². The minimum Gasteiger partial charge on any atom is -0.479 e. The fraction of sp³-hybridized carbons (Fsp3) is 0.211. The number of carbonyl (C=O) groups excluding carboxylic acids is 2. The first-order valence-electron chi connectivity index (χ1n) is 8.16. The third-order valence-corrected chi connectivity index (χ3v) is 4.05. The van der Waals surface area contributed by atoms with Crippen LogP contribution in [0.1, 0.15) is 23.7 Å². The first-order chi connectivity index (χ1) is 12.5. The van der Waals surface area contributed by atoms with Crippen LogP contribution in [0.5, 0.6) is 5.75 Å². The highest BCUT2D eigenvalue weighted by atomic mass is 16.5. The summed E-state index contributed by atoms with van der Waals surface area (Å²) in [6.45, 7) is 1.90. The third-order valence-electron chi connectivity index (χ3n) is 4.05. The number of benzene rings is 2. The molecule has 2 aromatic carbocycles. The van der Waals surface area contributed by atoms with Gasteiger partial charge in [0.25, 0.3) is 5.91 Å². The summed E-state index contributed by atoms with van der Waals surface area (Å²) in [7, 11) is 0. The molecule has 0 saturated heterocycles. The molecule has 0 spiro atoms. The van der Waals surface area contributed by atoms with Gasteiger partial charge < -0.3 is 20.1 Å². The van der Waals surface area contributed by atoms with E-state index in [1.54, 1.807) is 24.0 Å². The quantitative estimate of drug-likeness (QED) is 0.860. The van der Waals surface area contributed by atoms with Crippen molar-refractivity contribution in [2.24, 2.45) is 0 Å². The van der Waals surface area contributed by atoms with Crippen LogP contribution in [0.4, 0.5) is 11.4 Å². The summed E-state index contributed by atoms with van der Waals surface area (Å²) in [4.78, 5) is 36.9. The van der Waals surface area contributed by atoms with Gasteiger partial charge in [-0.2, -0.15) is 0 Å². The number of fused-ring (bicyclic) bond motifs is 1. The molecule has 26 heavy (non-hydrogen) atoms. The van der Waals surface area contributed by atoms with Crippen molar-refractivity contribution in [2.45, 2.75) is 19.4 Å². The Morgan fingerprint density at radius 3 is 2.54 bits per heavy atom. The number of rotatable bonds is 5. The Hall–Kier alpha value is -3.35. The number of carboxylic acids is 1. The SMILES string of the molecule is CC1Oc2ccccc2N(CCC(=O)Nc2ccc(C(=O)O)cc2)C1=O. The van der Waals surface area contributed by atoms with E-state index in [-0.39, 0.29) is 30.3 Å². The zero-order valence-electron chi connectivity index (χ0n) is 14.1. The summed E-state index contributed by atoms with van der Waals surface area (Å²) in [5, 5.41) is 11.6. The second-order valence-electron chi connectivity index (χ2n) is 5.90. The fourth-order valence-corrected chi connectivity index (χ4v) is 2.72. The summed E-state index contributed by atoms with van der Waals surface area (Å²) < 4.78 is 5.57. The van der Waals surface area contributed by atoms with E-state index < -0.39 is 12.1 Å². The lowest BCUT2D eigenvalue weighted by molar-refractivity contribution is -0.125. The molecule has 1 atom stereocenters. The lowest BCUT2D eigenvalue weighted by atomic mass is 10.1. The van der Waals surface area contributed by atoms with Crippen molar-refractivity contribution in [3.63, 3.8) is 0 Å². The molecule has 0 saturated carbocycles. The minimum absolute atomic E-state index is 0.105. The minimum atomic E-state index is -1.03. The van der Waals surface area contributed by atoms with Crippen LogP contribution in [0.2, 0.25) is 0 Å². The van der Waals surface area contributed by atoms with Crippen LogP contribution in [0, 0.1) is 0 Å². The van der Waals surface area contributed by atoms with Gasteiger partial charge in [0, 0.05) is 18.7 Å². The number of anilines is 2. The Bertz CT molecular complexity index is 847. The van der Waals surface area contributed by atoms with Crippen molar-refractivity contribution in [3.05, 3.63) is 54.1 Å². The zero-order valence-corrected chi connectivity index (χ0v) is 14.1. The van der Waals surface area contributed by atoms with Crippen LogP contribution in [0.15, 0.2) is 48.5 Å². The van der Waals surface area contributed by atoms with Crippen molar-refractivity contribution < 1.29 is 24.2 Å². The highest BCUT2D eigenvalue weighted by molar-refractivity contribution is 6.01. The van der Waals surface area contributed by atoms with E-state index >= 15 is 0 Å². The van der Waals surface area contributed by atoms with E-state index in [0.717, 1.165) is 0 Å². The lowest BCUT2D eigenvalue weighted by Crippen LogP contribution is -2.45. The molecule has 3 rings (SSSR count). The summed E-state index contributed by atoms with van der Waals surface area (Å²) >= 11 is 0. The molecule has 0 aromatic heterocycles. The van der Waals surface area contributed by atoms with Gasteiger partial charge in [0.15, 0.2) is 6.10 Å². The van der Waals surface area contributed by atoms with Gasteiger partial charge in [0.2, 0.25) is 5.91 Å². The number of carboxylic acid groups (broad SMARTS) is 1. The number of para-hydroxylation sites is 2. The van der Waals surface area contributed by atoms with Crippen molar-refractivity contribution in [2.75, 3.05) is 16.8 Å². The molecule has 1 aliphatic rings. The normalized spacial score (nSPS) is 15.8. The number of carbonyl (C=O) groups is 3. The Morgan fingerprint density at radius 2 is 1.85 bits per heavy atom. The molecule has 1 unspecified atom stereocenters. The molecular weight excluding hydrogens is 336 g/mol. The number of aromatic carboxylic acids is 1. The molecule has 0 fully saturated rings. The van der Waals surface area contributed by atoms with E-state index in [4.69, 9.17) is 9.84 Å². The average molecular weight is 354 g/mol. The smallest absolute Gasteiger partial charge is 0.335 e. The topological polar surface area (TPSA) is 95.9 Å². The van der Waals surface area contributed by atoms with Gasteiger partial charge in [0.1, 0.15) is 5.75 Å². The van der Waals surface area contributed by atoms with E-state index in [9.17, 15) is 14.4 Å². The Balaban J connectivity index is 1.64. The first kappa shape index (κ1) is 17.5. The van der Waals surface area contributed by atoms with E-state index in [1.807, 2.05) is 12.1 Å². The number of amides is 2. The number of nitrogens with zero attached hydrogens (tertiary/aromatic N) is 1. The standard InChI is InChI=1S/C19H18N2O5/c1-12-18(23)21(15-4-2-3-5-16(15)26-12)11-10-17(22)20-14-8-6-13(7-9-14)19(24)25/h2-9,12H,10-11H2,1H3,(H,20,22)(H,24,25). The van der Waals surface area contributed by atoms with Crippen molar-refractivity contribution in [1.29, 1.82) is 0 Å². The second kappa shape index (κ2) is 7.26. The van der Waals surface area contributed by atoms with E-state index in [1.165, 1.54) is 24.3 Å². The van der Waals surface area contributed by atoms with Gasteiger partial charge in [-0.1, -0.05) is 12.1 Å². The van der Waals surface area contributed by atoms with Gasteiger partial charge in [-0.3, -0.25) is 9.59 Å². The summed E-state index contributed by atoms with van der Waals surface area (Å²) in [5.74, 6) is -0.870. The number of hydrogen-bond acceptors (Lipinski definition) is 4. The van der Waals surface area contributed by atoms with Crippen LogP contribution >= 0.6 is 0 Å². The average Bonchev–Trinajstić information content (AvgIpc) is 2.62. The molecule has 0 aliphatic carbocycles. The molecule has 1 heterocycles. The van der Waals surface area contributed by atoms with Crippen LogP contribution in [0.3, 0.4) is 0 Å². The van der Waals surface area contributed by atoms with E-state index in [0.29, 0.717) is 17.1 Å². The van der Waals surface area contributed by atoms with Crippen LogP contribution < -0.4 is 15.0 Å². The molecule has 1 aliphatic heterocycles. The van der Waals surface area contributed by atoms with Crippen molar-refractivity contribution >= 4 is 29.2 Å². The summed E-state index contributed by atoms with van der Waals surface area (Å²) in [5.41, 5.74) is 1.30. The Morgan fingerprint density at radius 1 is 1.15 bits per heavy atom. The Labute approximate surface area is 150 Å². The maximum Gasteiger partial charge on any atom is 0.335 e. The van der Waals surface area contributed by atoms with Gasteiger partial charge in [-0.25, -0.2) is 4.79 Å². The molecule has 134 valence electrons. The fourth-order valence-electron chi connectivity index (χ4n) is 2.72. The van der Waals surface area contributed by atoms with Crippen LogP contribution in [-0.4, -0.2) is 35.5 Å². The molecule has 2 amide bonds. The van der Waals surface area contributed by atoms with Gasteiger partial charge in [0.05, 0.1) is 11.3 Å². The predicted octanol–water partition coefficient (Wildman–Crippen LogP) is 2.53. The van der Waals surface area contributed by atoms with Crippen LogP contribution in [0.25, 0.3) is 0 Å².